The van der Waals surface area contributed by atoms with Crippen molar-refractivity contribution >= 4 is 28.2 Å². The molecule has 3 aromatic rings. The van der Waals surface area contributed by atoms with Crippen molar-refractivity contribution in [2.75, 3.05) is 13.7 Å². The highest BCUT2D eigenvalue weighted by Gasteiger charge is 2.35. The van der Waals surface area contributed by atoms with Gasteiger partial charge in [-0.3, -0.25) is 4.79 Å². The number of ether oxygens (including phenoxy) is 2. The number of benzene rings is 1. The number of methoxy groups -OCH3 is 1. The number of nitrogens with two attached hydrogens (primary N) is 1. The van der Waals surface area contributed by atoms with Crippen molar-refractivity contribution in [1.29, 1.82) is 0 Å². The fraction of sp³-hybridized carbons (Fsp3) is 0.462. The van der Waals surface area contributed by atoms with Crippen LogP contribution in [0.3, 0.4) is 0 Å². The molecule has 2 aliphatic rings. The van der Waals surface area contributed by atoms with Crippen LogP contribution in [0.1, 0.15) is 72.9 Å². The molecule has 2 N–H and O–H groups in total. The molecule has 1 atom stereocenters. The van der Waals surface area contributed by atoms with Crippen molar-refractivity contribution < 1.29 is 14.3 Å². The largest absolute Gasteiger partial charge is 0.494 e. The van der Waals surface area contributed by atoms with E-state index in [0.717, 1.165) is 41.6 Å². The van der Waals surface area contributed by atoms with E-state index in [4.69, 9.17) is 15.2 Å². The number of fused-ring (bicyclic) bond motifs is 2. The Kier molecular flexibility index (Phi) is 5.37. The van der Waals surface area contributed by atoms with Crippen LogP contribution in [0.15, 0.2) is 29.2 Å². The molecule has 7 heteroatoms. The number of hydrogen-bond donors (Lipinski definition) is 1. The third-order valence-electron chi connectivity index (χ3n) is 7.06. The average molecular weight is 467 g/mol. The maximum atomic E-state index is 13.2. The second-order valence-electron chi connectivity index (χ2n) is 9.74. The zero-order chi connectivity index (χ0) is 23.5. The first-order valence-electron chi connectivity index (χ1n) is 11.6. The van der Waals surface area contributed by atoms with E-state index in [9.17, 15) is 9.59 Å². The van der Waals surface area contributed by atoms with Crippen LogP contribution in [0.25, 0.3) is 21.3 Å². The van der Waals surface area contributed by atoms with Crippen LogP contribution in [-0.2, 0) is 11.2 Å². The molecule has 0 saturated heterocycles. The van der Waals surface area contributed by atoms with Gasteiger partial charge < -0.3 is 19.8 Å². The first-order chi connectivity index (χ1) is 15.8. The number of carbonyl (C=O) groups is 1. The molecule has 174 valence electrons. The third kappa shape index (κ3) is 3.58. The predicted octanol–water partition coefficient (Wildman–Crippen LogP) is 5.22. The topological polar surface area (TPSA) is 83.6 Å². The molecule has 2 aromatic heterocycles. The number of hydrogen-bond acceptors (Lipinski definition) is 6. The van der Waals surface area contributed by atoms with E-state index < -0.39 is 5.97 Å². The van der Waals surface area contributed by atoms with Gasteiger partial charge in [0.05, 0.1) is 24.6 Å². The van der Waals surface area contributed by atoms with E-state index in [1.807, 2.05) is 16.7 Å². The van der Waals surface area contributed by atoms with Crippen molar-refractivity contribution in [3.05, 3.63) is 50.6 Å². The van der Waals surface area contributed by atoms with Gasteiger partial charge in [-0.25, -0.2) is 4.79 Å². The summed E-state index contributed by atoms with van der Waals surface area (Å²) < 4.78 is 13.1. The summed E-state index contributed by atoms with van der Waals surface area (Å²) in [6.45, 7) is 6.42. The second-order valence-corrected chi connectivity index (χ2v) is 10.8. The van der Waals surface area contributed by atoms with Gasteiger partial charge in [0.15, 0.2) is 5.75 Å². The summed E-state index contributed by atoms with van der Waals surface area (Å²) in [6.07, 6.45) is 5.74. The molecule has 0 aliphatic heterocycles. The number of carbonyl (C=O) groups excluding carboxylic acids is 1. The average Bonchev–Trinajstić information content (AvgIpc) is 3.54. The molecule has 2 aliphatic carbocycles. The molecule has 5 rings (SSSR count). The molecule has 1 saturated carbocycles. The first kappa shape index (κ1) is 22.2. The third-order valence-corrected chi connectivity index (χ3v) is 8.35. The van der Waals surface area contributed by atoms with Crippen molar-refractivity contribution in [1.82, 2.24) is 4.57 Å². The normalized spacial score (nSPS) is 19.4. The Morgan fingerprint density at radius 2 is 2.06 bits per heavy atom. The van der Waals surface area contributed by atoms with Crippen molar-refractivity contribution in [2.24, 2.45) is 11.1 Å². The highest BCUT2D eigenvalue weighted by atomic mass is 32.1. The van der Waals surface area contributed by atoms with Crippen molar-refractivity contribution in [3.8, 4) is 16.2 Å². The molecule has 1 fully saturated rings. The summed E-state index contributed by atoms with van der Waals surface area (Å²) in [4.78, 5) is 28.0. The standard InChI is InChI=1S/C26H30N2O4S/c1-5-32-25(30)18-13-28(15-6-7-15)20-17(21(18)29)9-8-16(22(20)31-4)19-12-14-10-11-26(2,3)24(27)23(14)33-19/h8-9,12-13,15,24H,5-7,10-11,27H2,1-4H3. The van der Waals surface area contributed by atoms with E-state index in [2.05, 4.69) is 19.9 Å². The van der Waals surface area contributed by atoms with E-state index in [1.165, 1.54) is 10.4 Å². The summed E-state index contributed by atoms with van der Waals surface area (Å²) in [6, 6.07) is 6.23. The fourth-order valence-electron chi connectivity index (χ4n) is 4.82. The summed E-state index contributed by atoms with van der Waals surface area (Å²) in [7, 11) is 1.64. The summed E-state index contributed by atoms with van der Waals surface area (Å²) in [5, 5.41) is 0.479. The molecular weight excluding hydrogens is 436 g/mol. The highest BCUT2D eigenvalue weighted by Crippen LogP contribution is 2.49. The number of aryl methyl sites for hydroxylation is 1. The number of rotatable bonds is 5. The second kappa shape index (κ2) is 7.99. The number of thiophene rings is 1. The van der Waals surface area contributed by atoms with Gasteiger partial charge in [-0.2, -0.15) is 0 Å². The number of aromatic nitrogens is 1. The number of esters is 1. The predicted molar refractivity (Wildman–Crippen MR) is 131 cm³/mol. The van der Waals surface area contributed by atoms with Crippen LogP contribution in [0.5, 0.6) is 5.75 Å². The van der Waals surface area contributed by atoms with Gasteiger partial charge in [-0.15, -0.1) is 11.3 Å². The highest BCUT2D eigenvalue weighted by molar-refractivity contribution is 7.15. The first-order valence-corrected chi connectivity index (χ1v) is 12.4. The molecular formula is C26H30N2O4S. The van der Waals surface area contributed by atoms with Gasteiger partial charge in [-0.1, -0.05) is 13.8 Å². The summed E-state index contributed by atoms with van der Waals surface area (Å²) >= 11 is 1.72. The summed E-state index contributed by atoms with van der Waals surface area (Å²) in [5.74, 6) is 0.0858. The van der Waals surface area contributed by atoms with Gasteiger partial charge in [0, 0.05) is 33.6 Å². The Morgan fingerprint density at radius 3 is 2.73 bits per heavy atom. The SMILES string of the molecule is CCOC(=O)c1cn(C2CC2)c2c(OC)c(-c3cc4c(s3)C(N)C(C)(C)CC4)ccc2c1=O. The maximum absolute atomic E-state index is 13.2. The van der Waals surface area contributed by atoms with Crippen molar-refractivity contribution in [2.45, 2.75) is 58.5 Å². The molecule has 1 aromatic carbocycles. The van der Waals surface area contributed by atoms with E-state index in [1.54, 1.807) is 31.6 Å². The lowest BCUT2D eigenvalue weighted by atomic mass is 9.74. The Balaban J connectivity index is 1.72. The van der Waals surface area contributed by atoms with Gasteiger partial charge in [0.2, 0.25) is 5.43 Å². The van der Waals surface area contributed by atoms with Crippen LogP contribution in [0.4, 0.5) is 0 Å². The lowest BCUT2D eigenvalue weighted by Crippen LogP contribution is -2.32. The zero-order valence-corrected chi connectivity index (χ0v) is 20.4. The fourth-order valence-corrected chi connectivity index (χ4v) is 6.26. The molecule has 0 bridgehead atoms. The van der Waals surface area contributed by atoms with E-state index in [0.29, 0.717) is 11.1 Å². The molecule has 0 amide bonds. The van der Waals surface area contributed by atoms with Crippen LogP contribution < -0.4 is 15.9 Å². The lowest BCUT2D eigenvalue weighted by molar-refractivity contribution is 0.0524. The van der Waals surface area contributed by atoms with Gasteiger partial charge in [-0.05, 0) is 61.8 Å². The minimum Gasteiger partial charge on any atom is -0.494 e. The Labute approximate surface area is 197 Å². The molecule has 0 radical (unpaired) electrons. The quantitative estimate of drug-likeness (QED) is 0.521. The van der Waals surface area contributed by atoms with Gasteiger partial charge >= 0.3 is 5.97 Å². The molecule has 2 heterocycles. The van der Waals surface area contributed by atoms with Gasteiger partial charge in [0.25, 0.3) is 0 Å². The monoisotopic (exact) mass is 466 g/mol. The van der Waals surface area contributed by atoms with Crippen LogP contribution >= 0.6 is 11.3 Å². The number of pyridine rings is 1. The Morgan fingerprint density at radius 1 is 1.30 bits per heavy atom. The molecule has 6 nitrogen and oxygen atoms in total. The smallest absolute Gasteiger partial charge is 0.343 e. The minimum absolute atomic E-state index is 0.00299. The van der Waals surface area contributed by atoms with E-state index >= 15 is 0 Å². The Bertz CT molecular complexity index is 1320. The molecule has 1 unspecified atom stereocenters. The minimum atomic E-state index is -0.579. The maximum Gasteiger partial charge on any atom is 0.343 e. The molecule has 33 heavy (non-hydrogen) atoms. The summed E-state index contributed by atoms with van der Waals surface area (Å²) in [5.41, 5.74) is 9.45. The van der Waals surface area contributed by atoms with Gasteiger partial charge in [0.1, 0.15) is 5.56 Å². The lowest BCUT2D eigenvalue weighted by Gasteiger charge is -2.35. The van der Waals surface area contributed by atoms with Crippen LogP contribution in [0, 0.1) is 5.41 Å². The van der Waals surface area contributed by atoms with Crippen LogP contribution in [-0.4, -0.2) is 24.3 Å². The zero-order valence-electron chi connectivity index (χ0n) is 19.6. The Hall–Kier alpha value is -2.64. The van der Waals surface area contributed by atoms with Crippen LogP contribution in [0.2, 0.25) is 0 Å². The van der Waals surface area contributed by atoms with E-state index in [-0.39, 0.29) is 35.1 Å². The van der Waals surface area contributed by atoms with Crippen molar-refractivity contribution in [3.63, 3.8) is 0 Å². The molecule has 0 spiro atoms. The number of nitrogens with zero attached hydrogens (tertiary/aromatic N) is 1.